The van der Waals surface area contributed by atoms with E-state index in [1.165, 1.54) is 6.92 Å². The summed E-state index contributed by atoms with van der Waals surface area (Å²) in [7, 11) is 1.54. The molecule has 6 heteroatoms. The van der Waals surface area contributed by atoms with Crippen molar-refractivity contribution in [1.82, 2.24) is 0 Å². The maximum Gasteiger partial charge on any atom is 0.227 e. The van der Waals surface area contributed by atoms with Crippen molar-refractivity contribution in [3.63, 3.8) is 0 Å². The number of benzene rings is 1. The Kier molecular flexibility index (Phi) is 5.38. The number of ether oxygens (including phenoxy) is 1. The molecule has 0 bridgehead atoms. The van der Waals surface area contributed by atoms with Gasteiger partial charge >= 0.3 is 0 Å². The Morgan fingerprint density at radius 1 is 1.32 bits per heavy atom. The predicted octanol–water partition coefficient (Wildman–Crippen LogP) is 1.97. The highest BCUT2D eigenvalue weighted by Gasteiger charge is 2.32. The molecule has 0 heterocycles. The summed E-state index contributed by atoms with van der Waals surface area (Å²) < 4.78 is 5.27. The van der Waals surface area contributed by atoms with Crippen LogP contribution in [0.1, 0.15) is 26.2 Å². The second-order valence-corrected chi connectivity index (χ2v) is 5.62. The van der Waals surface area contributed by atoms with Gasteiger partial charge in [0.1, 0.15) is 5.75 Å². The Labute approximate surface area is 130 Å². The zero-order valence-electron chi connectivity index (χ0n) is 13.0. The topological polar surface area (TPSA) is 93.5 Å². The fourth-order valence-electron chi connectivity index (χ4n) is 2.98. The number of rotatable bonds is 5. The van der Waals surface area contributed by atoms with E-state index in [9.17, 15) is 9.59 Å². The van der Waals surface area contributed by atoms with Crippen molar-refractivity contribution in [2.75, 3.05) is 24.3 Å². The molecule has 2 rings (SSSR count). The third-order valence-electron chi connectivity index (χ3n) is 4.08. The van der Waals surface area contributed by atoms with Gasteiger partial charge in [-0.3, -0.25) is 9.59 Å². The van der Waals surface area contributed by atoms with E-state index in [1.807, 2.05) is 0 Å². The van der Waals surface area contributed by atoms with Crippen LogP contribution in [-0.4, -0.2) is 25.5 Å². The molecule has 22 heavy (non-hydrogen) atoms. The first kappa shape index (κ1) is 16.3. The third kappa shape index (κ3) is 3.76. The molecule has 0 radical (unpaired) electrons. The summed E-state index contributed by atoms with van der Waals surface area (Å²) in [6, 6.07) is 5.15. The maximum atomic E-state index is 12.5. The molecule has 120 valence electrons. The van der Waals surface area contributed by atoms with Crippen LogP contribution < -0.4 is 21.1 Å². The van der Waals surface area contributed by atoms with Crippen LogP contribution in [0.3, 0.4) is 0 Å². The highest BCUT2D eigenvalue weighted by atomic mass is 16.5. The molecule has 2 atom stereocenters. The molecule has 0 aliphatic heterocycles. The largest absolute Gasteiger partial charge is 0.495 e. The Morgan fingerprint density at radius 3 is 2.73 bits per heavy atom. The van der Waals surface area contributed by atoms with Gasteiger partial charge in [0.05, 0.1) is 12.8 Å². The molecule has 1 aromatic carbocycles. The van der Waals surface area contributed by atoms with Gasteiger partial charge in [-0.2, -0.15) is 0 Å². The first-order valence-corrected chi connectivity index (χ1v) is 7.51. The van der Waals surface area contributed by atoms with Crippen molar-refractivity contribution in [2.45, 2.75) is 26.2 Å². The number of carbonyl (C=O) groups excluding carboxylic acids is 2. The number of anilines is 2. The monoisotopic (exact) mass is 305 g/mol. The zero-order chi connectivity index (χ0) is 16.1. The molecular formula is C16H23N3O3. The van der Waals surface area contributed by atoms with Crippen LogP contribution in [-0.2, 0) is 9.59 Å². The van der Waals surface area contributed by atoms with Crippen LogP contribution in [0.5, 0.6) is 5.75 Å². The van der Waals surface area contributed by atoms with E-state index in [4.69, 9.17) is 10.5 Å². The average Bonchev–Trinajstić information content (AvgIpc) is 2.95. The smallest absolute Gasteiger partial charge is 0.227 e. The summed E-state index contributed by atoms with van der Waals surface area (Å²) in [6.07, 6.45) is 2.89. The van der Waals surface area contributed by atoms with Crippen LogP contribution in [0, 0.1) is 11.8 Å². The number of methoxy groups -OCH3 is 1. The number of hydrogen-bond acceptors (Lipinski definition) is 4. The Morgan fingerprint density at radius 2 is 2.09 bits per heavy atom. The molecular weight excluding hydrogens is 282 g/mol. The molecule has 1 fully saturated rings. The van der Waals surface area contributed by atoms with Gasteiger partial charge < -0.3 is 21.1 Å². The molecule has 1 saturated carbocycles. The Balaban J connectivity index is 2.16. The highest BCUT2D eigenvalue weighted by Crippen LogP contribution is 2.34. The predicted molar refractivity (Wildman–Crippen MR) is 85.8 cm³/mol. The minimum Gasteiger partial charge on any atom is -0.495 e. The minimum atomic E-state index is -0.165. The van der Waals surface area contributed by atoms with Crippen molar-refractivity contribution in [1.29, 1.82) is 0 Å². The lowest BCUT2D eigenvalue weighted by atomic mass is 9.95. The first-order valence-electron chi connectivity index (χ1n) is 7.51. The number of amides is 2. The van der Waals surface area contributed by atoms with Crippen LogP contribution in [0.2, 0.25) is 0 Å². The van der Waals surface area contributed by atoms with Gasteiger partial charge in [0.15, 0.2) is 0 Å². The van der Waals surface area contributed by atoms with E-state index in [0.717, 1.165) is 19.3 Å². The Hall–Kier alpha value is -2.08. The number of carbonyl (C=O) groups is 2. The minimum absolute atomic E-state index is 0.0359. The standard InChI is InChI=1S/C16H23N3O3/c1-10(20)18-12-6-7-15(22-2)14(8-12)19-16(21)13-5-3-4-11(13)9-17/h6-8,11,13H,3-5,9,17H2,1-2H3,(H,18,20)(H,19,21)/t11-,13-/m1/s1. The summed E-state index contributed by atoms with van der Waals surface area (Å²) in [4.78, 5) is 23.6. The molecule has 0 spiro atoms. The van der Waals surface area contributed by atoms with E-state index in [-0.39, 0.29) is 23.7 Å². The average molecular weight is 305 g/mol. The van der Waals surface area contributed by atoms with Gasteiger partial charge in [0.25, 0.3) is 0 Å². The number of hydrogen-bond donors (Lipinski definition) is 3. The van der Waals surface area contributed by atoms with Gasteiger partial charge in [-0.15, -0.1) is 0 Å². The molecule has 1 aliphatic rings. The summed E-state index contributed by atoms with van der Waals surface area (Å²) >= 11 is 0. The van der Waals surface area contributed by atoms with Gasteiger partial charge in [0, 0.05) is 18.5 Å². The molecule has 1 aromatic rings. The van der Waals surface area contributed by atoms with Gasteiger partial charge in [-0.25, -0.2) is 0 Å². The SMILES string of the molecule is COc1ccc(NC(C)=O)cc1NC(=O)[C@@H]1CCC[C@@H]1CN. The van der Waals surface area contributed by atoms with Crippen LogP contribution in [0.25, 0.3) is 0 Å². The van der Waals surface area contributed by atoms with E-state index >= 15 is 0 Å². The van der Waals surface area contributed by atoms with Gasteiger partial charge in [-0.1, -0.05) is 6.42 Å². The fraction of sp³-hybridized carbons (Fsp3) is 0.500. The normalized spacial score (nSPS) is 20.5. The van der Waals surface area contributed by atoms with Crippen molar-refractivity contribution in [3.05, 3.63) is 18.2 Å². The number of nitrogens with two attached hydrogens (primary N) is 1. The van der Waals surface area contributed by atoms with Crippen molar-refractivity contribution < 1.29 is 14.3 Å². The third-order valence-corrected chi connectivity index (χ3v) is 4.08. The van der Waals surface area contributed by atoms with Crippen LogP contribution >= 0.6 is 0 Å². The van der Waals surface area contributed by atoms with E-state index in [0.29, 0.717) is 23.7 Å². The van der Waals surface area contributed by atoms with Crippen molar-refractivity contribution in [3.8, 4) is 5.75 Å². The summed E-state index contributed by atoms with van der Waals surface area (Å²) in [5.74, 6) is 0.543. The summed E-state index contributed by atoms with van der Waals surface area (Å²) in [5.41, 5.74) is 6.91. The van der Waals surface area contributed by atoms with Crippen LogP contribution in [0.15, 0.2) is 18.2 Å². The Bertz CT molecular complexity index is 560. The van der Waals surface area contributed by atoms with E-state index < -0.39 is 0 Å². The highest BCUT2D eigenvalue weighted by molar-refractivity contribution is 5.96. The lowest BCUT2D eigenvalue weighted by Gasteiger charge is -2.19. The summed E-state index contributed by atoms with van der Waals surface area (Å²) in [6.45, 7) is 1.97. The first-order chi connectivity index (χ1) is 10.5. The molecule has 0 aromatic heterocycles. The van der Waals surface area contributed by atoms with E-state index in [2.05, 4.69) is 10.6 Å². The van der Waals surface area contributed by atoms with Gasteiger partial charge in [-0.05, 0) is 43.5 Å². The van der Waals surface area contributed by atoms with Crippen molar-refractivity contribution in [2.24, 2.45) is 17.6 Å². The zero-order valence-corrected chi connectivity index (χ0v) is 13.0. The van der Waals surface area contributed by atoms with E-state index in [1.54, 1.807) is 25.3 Å². The van der Waals surface area contributed by atoms with Crippen LogP contribution in [0.4, 0.5) is 11.4 Å². The summed E-state index contributed by atoms with van der Waals surface area (Å²) in [5, 5.41) is 5.60. The quantitative estimate of drug-likeness (QED) is 0.775. The van der Waals surface area contributed by atoms with Crippen molar-refractivity contribution >= 4 is 23.2 Å². The second kappa shape index (κ2) is 7.26. The molecule has 0 unspecified atom stereocenters. The fourth-order valence-corrected chi connectivity index (χ4v) is 2.98. The lowest BCUT2D eigenvalue weighted by Crippen LogP contribution is -2.29. The molecule has 0 saturated heterocycles. The molecule has 6 nitrogen and oxygen atoms in total. The lowest BCUT2D eigenvalue weighted by molar-refractivity contribution is -0.120. The molecule has 4 N–H and O–H groups in total. The second-order valence-electron chi connectivity index (χ2n) is 5.62. The van der Waals surface area contributed by atoms with Gasteiger partial charge in [0.2, 0.25) is 11.8 Å². The number of nitrogens with one attached hydrogen (secondary N) is 2. The maximum absolute atomic E-state index is 12.5. The molecule has 2 amide bonds. The molecule has 1 aliphatic carbocycles.